The third kappa shape index (κ3) is 3.37. The summed E-state index contributed by atoms with van der Waals surface area (Å²) in [4.78, 5) is 0. The van der Waals surface area contributed by atoms with Crippen molar-refractivity contribution < 1.29 is 0 Å². The van der Waals surface area contributed by atoms with Gasteiger partial charge in [-0.2, -0.15) is 0 Å². The van der Waals surface area contributed by atoms with Crippen molar-refractivity contribution in [2.75, 3.05) is 0 Å². The smallest absolute Gasteiger partial charge is 0.0230 e. The fraction of sp³-hybridized carbons (Fsp3) is 0.429. The third-order valence-corrected chi connectivity index (χ3v) is 2.56. The molecule has 1 aromatic carbocycles. The highest BCUT2D eigenvalue weighted by molar-refractivity contribution is 5.63. The molecule has 0 amide bonds. The van der Waals surface area contributed by atoms with Gasteiger partial charge in [0.1, 0.15) is 0 Å². The fourth-order valence-corrected chi connectivity index (χ4v) is 1.81. The third-order valence-electron chi connectivity index (χ3n) is 2.56. The minimum atomic E-state index is 0.757. The average Bonchev–Trinajstić information content (AvgIpc) is 2.19. The van der Waals surface area contributed by atoms with Crippen LogP contribution in [0.3, 0.4) is 0 Å². The van der Waals surface area contributed by atoms with Crippen molar-refractivity contribution in [1.29, 1.82) is 0 Å². The molecule has 1 rings (SSSR count). The predicted molar refractivity (Wildman–Crippen MR) is 64.2 cm³/mol. The molecule has 0 heterocycles. The van der Waals surface area contributed by atoms with Crippen molar-refractivity contribution in [3.05, 3.63) is 42.5 Å². The van der Waals surface area contributed by atoms with Gasteiger partial charge in [0.25, 0.3) is 0 Å². The summed E-state index contributed by atoms with van der Waals surface area (Å²) in [6, 6.07) is 10.5. The van der Waals surface area contributed by atoms with Crippen LogP contribution in [0, 0.1) is 5.92 Å². The Balaban J connectivity index is 2.51. The second kappa shape index (κ2) is 5.64. The number of hydrogen-bond acceptors (Lipinski definition) is 0. The maximum atomic E-state index is 4.15. The molecule has 0 heteroatoms. The van der Waals surface area contributed by atoms with Crippen LogP contribution in [0.2, 0.25) is 0 Å². The highest BCUT2D eigenvalue weighted by Crippen LogP contribution is 2.22. The molecular formula is C14H20. The Labute approximate surface area is 87.7 Å². The molecule has 0 N–H and O–H groups in total. The summed E-state index contributed by atoms with van der Waals surface area (Å²) >= 11 is 0. The van der Waals surface area contributed by atoms with E-state index in [1.54, 1.807) is 0 Å². The first-order valence-electron chi connectivity index (χ1n) is 5.47. The Bertz CT molecular complexity index is 271. The standard InChI is InChI=1S/C14H20/c1-4-8-12(2)11-13(3)14-9-6-5-7-10-14/h5-7,9-10,12H,3-4,8,11H2,1-2H3/t12-/m0/s1. The quantitative estimate of drug-likeness (QED) is 0.637. The van der Waals surface area contributed by atoms with Crippen molar-refractivity contribution in [2.24, 2.45) is 5.92 Å². The van der Waals surface area contributed by atoms with Gasteiger partial charge in [-0.25, -0.2) is 0 Å². The maximum Gasteiger partial charge on any atom is -0.0230 e. The van der Waals surface area contributed by atoms with Gasteiger partial charge in [-0.05, 0) is 23.5 Å². The van der Waals surface area contributed by atoms with Gasteiger partial charge >= 0.3 is 0 Å². The molecule has 1 aromatic rings. The molecule has 0 aliphatic rings. The van der Waals surface area contributed by atoms with Gasteiger partial charge in [0.05, 0.1) is 0 Å². The minimum Gasteiger partial charge on any atom is -0.0952 e. The predicted octanol–water partition coefficient (Wildman–Crippen LogP) is 4.53. The van der Waals surface area contributed by atoms with E-state index in [0.29, 0.717) is 0 Å². The second-order valence-corrected chi connectivity index (χ2v) is 4.07. The van der Waals surface area contributed by atoms with E-state index in [1.165, 1.54) is 24.0 Å². The molecule has 0 saturated heterocycles. The molecule has 0 fully saturated rings. The van der Waals surface area contributed by atoms with Gasteiger partial charge in [-0.15, -0.1) is 0 Å². The first-order chi connectivity index (χ1) is 6.74. The molecule has 0 bridgehead atoms. The average molecular weight is 188 g/mol. The van der Waals surface area contributed by atoms with Gasteiger partial charge in [-0.3, -0.25) is 0 Å². The first-order valence-corrected chi connectivity index (χ1v) is 5.47. The van der Waals surface area contributed by atoms with Crippen LogP contribution in [0.1, 0.15) is 38.7 Å². The van der Waals surface area contributed by atoms with Crippen LogP contribution < -0.4 is 0 Å². The topological polar surface area (TPSA) is 0 Å². The van der Waals surface area contributed by atoms with Crippen molar-refractivity contribution in [3.63, 3.8) is 0 Å². The molecule has 0 unspecified atom stereocenters. The zero-order valence-electron chi connectivity index (χ0n) is 9.29. The summed E-state index contributed by atoms with van der Waals surface area (Å²) in [5.74, 6) is 0.757. The molecule has 0 saturated carbocycles. The van der Waals surface area contributed by atoms with E-state index in [-0.39, 0.29) is 0 Å². The van der Waals surface area contributed by atoms with Gasteiger partial charge in [-0.1, -0.05) is 63.6 Å². The fourth-order valence-electron chi connectivity index (χ4n) is 1.81. The van der Waals surface area contributed by atoms with E-state index in [9.17, 15) is 0 Å². The first kappa shape index (κ1) is 11.0. The Hall–Kier alpha value is -1.04. The Kier molecular flexibility index (Phi) is 4.45. The van der Waals surface area contributed by atoms with Crippen LogP contribution in [0.4, 0.5) is 0 Å². The summed E-state index contributed by atoms with van der Waals surface area (Å²) in [6.45, 7) is 8.69. The zero-order chi connectivity index (χ0) is 10.4. The van der Waals surface area contributed by atoms with Crippen molar-refractivity contribution in [2.45, 2.75) is 33.1 Å². The molecule has 1 atom stereocenters. The summed E-state index contributed by atoms with van der Waals surface area (Å²) in [5, 5.41) is 0. The number of allylic oxidation sites excluding steroid dienone is 1. The van der Waals surface area contributed by atoms with E-state index in [0.717, 1.165) is 12.3 Å². The van der Waals surface area contributed by atoms with E-state index < -0.39 is 0 Å². The lowest BCUT2D eigenvalue weighted by Gasteiger charge is -2.12. The molecule has 76 valence electrons. The van der Waals surface area contributed by atoms with Gasteiger partial charge in [0.2, 0.25) is 0 Å². The van der Waals surface area contributed by atoms with Crippen molar-refractivity contribution >= 4 is 5.57 Å². The number of rotatable bonds is 5. The number of benzene rings is 1. The lowest BCUT2D eigenvalue weighted by molar-refractivity contribution is 0.538. The second-order valence-electron chi connectivity index (χ2n) is 4.07. The van der Waals surface area contributed by atoms with Gasteiger partial charge in [0.15, 0.2) is 0 Å². The highest BCUT2D eigenvalue weighted by Gasteiger charge is 2.04. The maximum absolute atomic E-state index is 4.15. The van der Waals surface area contributed by atoms with Crippen LogP contribution >= 0.6 is 0 Å². The molecule has 0 aliphatic heterocycles. The van der Waals surface area contributed by atoms with Crippen molar-refractivity contribution in [3.8, 4) is 0 Å². The molecule has 0 spiro atoms. The normalized spacial score (nSPS) is 12.4. The van der Waals surface area contributed by atoms with Crippen LogP contribution in [-0.2, 0) is 0 Å². The highest BCUT2D eigenvalue weighted by atomic mass is 14.1. The zero-order valence-corrected chi connectivity index (χ0v) is 9.29. The van der Waals surface area contributed by atoms with Crippen LogP contribution in [0.25, 0.3) is 5.57 Å². The van der Waals surface area contributed by atoms with Gasteiger partial charge in [0, 0.05) is 0 Å². The summed E-state index contributed by atoms with van der Waals surface area (Å²) in [6.07, 6.45) is 3.69. The Morgan fingerprint density at radius 2 is 1.93 bits per heavy atom. The van der Waals surface area contributed by atoms with E-state index in [2.05, 4.69) is 44.7 Å². The monoisotopic (exact) mass is 188 g/mol. The van der Waals surface area contributed by atoms with E-state index >= 15 is 0 Å². The molecule has 14 heavy (non-hydrogen) atoms. The van der Waals surface area contributed by atoms with Gasteiger partial charge < -0.3 is 0 Å². The lowest BCUT2D eigenvalue weighted by Crippen LogP contribution is -1.95. The summed E-state index contributed by atoms with van der Waals surface area (Å²) < 4.78 is 0. The number of hydrogen-bond donors (Lipinski definition) is 0. The Morgan fingerprint density at radius 1 is 1.29 bits per heavy atom. The van der Waals surface area contributed by atoms with Crippen molar-refractivity contribution in [1.82, 2.24) is 0 Å². The summed E-state index contributed by atoms with van der Waals surface area (Å²) in [5.41, 5.74) is 2.56. The molecule has 0 aliphatic carbocycles. The van der Waals surface area contributed by atoms with Crippen LogP contribution in [-0.4, -0.2) is 0 Å². The molecule has 0 nitrogen and oxygen atoms in total. The van der Waals surface area contributed by atoms with Crippen LogP contribution in [0.5, 0.6) is 0 Å². The van der Waals surface area contributed by atoms with E-state index in [1.807, 2.05) is 6.07 Å². The van der Waals surface area contributed by atoms with Crippen LogP contribution in [0.15, 0.2) is 36.9 Å². The summed E-state index contributed by atoms with van der Waals surface area (Å²) in [7, 11) is 0. The largest absolute Gasteiger partial charge is 0.0952 e. The Morgan fingerprint density at radius 3 is 2.50 bits per heavy atom. The molecule has 0 aromatic heterocycles. The minimum absolute atomic E-state index is 0.757. The van der Waals surface area contributed by atoms with E-state index in [4.69, 9.17) is 0 Å². The lowest BCUT2D eigenvalue weighted by atomic mass is 9.94. The molecular weight excluding hydrogens is 168 g/mol. The molecule has 0 radical (unpaired) electrons. The SMILES string of the molecule is C=C(C[C@@H](C)CCC)c1ccccc1.